The molecule has 2 aromatic rings. The van der Waals surface area contributed by atoms with Crippen molar-refractivity contribution in [2.45, 2.75) is 6.61 Å². The van der Waals surface area contributed by atoms with Gasteiger partial charge in [0.2, 0.25) is 5.69 Å². The third kappa shape index (κ3) is 2.27. The highest BCUT2D eigenvalue weighted by atomic mass is 16.5. The Balaban J connectivity index is 1.82. The van der Waals surface area contributed by atoms with Crippen LogP contribution in [0.3, 0.4) is 0 Å². The van der Waals surface area contributed by atoms with E-state index in [-0.39, 0.29) is 6.01 Å². The molecule has 0 amide bonds. The van der Waals surface area contributed by atoms with Crippen LogP contribution >= 0.6 is 0 Å². The maximum Gasteiger partial charge on any atom is 0.491 e. The number of ether oxygens (including phenoxy) is 1. The molecule has 1 aromatic heterocycles. The monoisotopic (exact) mass is 253 g/mol. The number of benzene rings is 1. The molecular weight excluding hydrogens is 245 g/mol. The van der Waals surface area contributed by atoms with Gasteiger partial charge in [-0.15, -0.1) is 0 Å². The summed E-state index contributed by atoms with van der Waals surface area (Å²) in [6, 6.07) is 5.41. The molecule has 0 unspecified atom stereocenters. The Morgan fingerprint density at radius 2 is 2.16 bits per heavy atom. The fourth-order valence-corrected chi connectivity index (χ4v) is 1.80. The first kappa shape index (κ1) is 11.7. The molecule has 7 heteroatoms. The molecule has 92 valence electrons. The number of fused-ring (bicyclic) bond motifs is 1. The molecule has 0 radical (unpaired) electrons. The minimum absolute atomic E-state index is 0.173. The molecule has 6 nitrogen and oxygen atoms in total. The molecular formula is C12H8BN3O3. The zero-order chi connectivity index (χ0) is 13.2. The second kappa shape index (κ2) is 4.68. The van der Waals surface area contributed by atoms with Gasteiger partial charge in [-0.3, -0.25) is 0 Å². The van der Waals surface area contributed by atoms with E-state index in [1.807, 2.05) is 0 Å². The Bertz CT molecular complexity index is 654. The lowest BCUT2D eigenvalue weighted by Crippen LogP contribution is -2.27. The van der Waals surface area contributed by atoms with Crippen LogP contribution in [0, 0.1) is 6.57 Å². The van der Waals surface area contributed by atoms with Crippen LogP contribution in [0.4, 0.5) is 5.69 Å². The average molecular weight is 253 g/mol. The molecule has 2 heterocycles. The van der Waals surface area contributed by atoms with Gasteiger partial charge in [0.1, 0.15) is 5.75 Å². The van der Waals surface area contributed by atoms with Gasteiger partial charge in [0.05, 0.1) is 13.2 Å². The maximum absolute atomic E-state index is 9.50. The molecule has 1 aliphatic rings. The first-order chi connectivity index (χ1) is 9.26. The predicted octanol–water partition coefficient (Wildman–Crippen LogP) is 1.04. The Morgan fingerprint density at radius 3 is 2.89 bits per heavy atom. The number of rotatable bonds is 2. The number of nitrogens with zero attached hydrogens (tertiary/aromatic N) is 3. The van der Waals surface area contributed by atoms with Gasteiger partial charge in [-0.05, 0) is 23.2 Å². The SMILES string of the molecule is [C-]#[N+]c1cnc(Oc2ccc3c(c2)COB3O)nc1. The largest absolute Gasteiger partial charge is 0.491 e. The van der Waals surface area contributed by atoms with E-state index in [0.29, 0.717) is 18.0 Å². The van der Waals surface area contributed by atoms with Crippen LogP contribution in [0.5, 0.6) is 11.8 Å². The molecule has 0 atom stereocenters. The van der Waals surface area contributed by atoms with Crippen LogP contribution in [-0.2, 0) is 11.3 Å². The van der Waals surface area contributed by atoms with Crippen molar-refractivity contribution in [1.82, 2.24) is 9.97 Å². The molecule has 19 heavy (non-hydrogen) atoms. The second-order valence-corrected chi connectivity index (χ2v) is 3.96. The average Bonchev–Trinajstić information content (AvgIpc) is 2.81. The highest BCUT2D eigenvalue weighted by molar-refractivity contribution is 6.61. The Kier molecular flexibility index (Phi) is 2.87. The maximum atomic E-state index is 9.50. The standard InChI is InChI=1S/C12H8BN3O3/c1-14-9-5-15-12(16-6-9)19-10-2-3-11-8(4-10)7-18-13(11)17/h2-6,17H,7H2. The molecule has 1 aliphatic heterocycles. The van der Waals surface area contributed by atoms with Crippen LogP contribution < -0.4 is 10.2 Å². The van der Waals surface area contributed by atoms with Crippen molar-refractivity contribution >= 4 is 18.3 Å². The zero-order valence-corrected chi connectivity index (χ0v) is 9.78. The first-order valence-corrected chi connectivity index (χ1v) is 5.56. The summed E-state index contributed by atoms with van der Waals surface area (Å²) in [5.41, 5.74) is 1.98. The van der Waals surface area contributed by atoms with E-state index in [0.717, 1.165) is 11.0 Å². The van der Waals surface area contributed by atoms with E-state index in [9.17, 15) is 5.02 Å². The molecule has 1 aromatic carbocycles. The van der Waals surface area contributed by atoms with Crippen molar-refractivity contribution in [3.63, 3.8) is 0 Å². The normalized spacial score (nSPS) is 12.9. The Labute approximate surface area is 109 Å². The van der Waals surface area contributed by atoms with Gasteiger partial charge in [-0.25, -0.2) is 14.8 Å². The van der Waals surface area contributed by atoms with Crippen LogP contribution in [0.1, 0.15) is 5.56 Å². The highest BCUT2D eigenvalue weighted by Crippen LogP contribution is 2.21. The van der Waals surface area contributed by atoms with Gasteiger partial charge in [0.15, 0.2) is 0 Å². The Morgan fingerprint density at radius 1 is 1.37 bits per heavy atom. The van der Waals surface area contributed by atoms with Crippen LogP contribution in [0.2, 0.25) is 0 Å². The van der Waals surface area contributed by atoms with E-state index in [2.05, 4.69) is 14.8 Å². The van der Waals surface area contributed by atoms with Crippen LogP contribution in [-0.4, -0.2) is 22.1 Å². The molecule has 0 spiro atoms. The van der Waals surface area contributed by atoms with Crippen molar-refractivity contribution in [1.29, 1.82) is 0 Å². The quantitative estimate of drug-likeness (QED) is 0.639. The molecule has 0 bridgehead atoms. The third-order valence-corrected chi connectivity index (χ3v) is 2.73. The fraction of sp³-hybridized carbons (Fsp3) is 0.0833. The van der Waals surface area contributed by atoms with Crippen molar-refractivity contribution < 1.29 is 14.4 Å². The van der Waals surface area contributed by atoms with Gasteiger partial charge in [-0.1, -0.05) is 6.07 Å². The van der Waals surface area contributed by atoms with Gasteiger partial charge < -0.3 is 14.4 Å². The minimum Gasteiger partial charge on any atom is -0.424 e. The van der Waals surface area contributed by atoms with E-state index >= 15 is 0 Å². The van der Waals surface area contributed by atoms with Crippen molar-refractivity contribution in [2.24, 2.45) is 0 Å². The van der Waals surface area contributed by atoms with Crippen LogP contribution in [0.15, 0.2) is 30.6 Å². The van der Waals surface area contributed by atoms with Gasteiger partial charge >= 0.3 is 13.1 Å². The van der Waals surface area contributed by atoms with E-state index in [4.69, 9.17) is 16.0 Å². The summed E-state index contributed by atoms with van der Waals surface area (Å²) in [5.74, 6) is 0.562. The number of hydrogen-bond donors (Lipinski definition) is 1. The van der Waals surface area contributed by atoms with Gasteiger partial charge in [0.25, 0.3) is 0 Å². The molecule has 0 saturated carbocycles. The second-order valence-electron chi connectivity index (χ2n) is 3.96. The molecule has 0 saturated heterocycles. The number of aromatic nitrogens is 2. The van der Waals surface area contributed by atoms with Gasteiger partial charge in [-0.2, -0.15) is 0 Å². The van der Waals surface area contributed by atoms with E-state index in [1.165, 1.54) is 12.4 Å². The summed E-state index contributed by atoms with van der Waals surface area (Å²) in [6.45, 7) is 7.16. The summed E-state index contributed by atoms with van der Waals surface area (Å²) < 4.78 is 10.6. The summed E-state index contributed by atoms with van der Waals surface area (Å²) in [6.07, 6.45) is 2.80. The fourth-order valence-electron chi connectivity index (χ4n) is 1.80. The minimum atomic E-state index is -0.863. The van der Waals surface area contributed by atoms with Crippen molar-refractivity contribution in [3.05, 3.63) is 47.6 Å². The summed E-state index contributed by atoms with van der Waals surface area (Å²) in [5, 5.41) is 9.50. The molecule has 3 rings (SSSR count). The molecule has 0 fully saturated rings. The van der Waals surface area contributed by atoms with Crippen molar-refractivity contribution in [3.8, 4) is 11.8 Å². The highest BCUT2D eigenvalue weighted by Gasteiger charge is 2.27. The molecule has 0 aliphatic carbocycles. The first-order valence-electron chi connectivity index (χ1n) is 5.56. The van der Waals surface area contributed by atoms with Crippen molar-refractivity contribution in [2.75, 3.05) is 0 Å². The van der Waals surface area contributed by atoms with Crippen LogP contribution in [0.25, 0.3) is 4.85 Å². The third-order valence-electron chi connectivity index (χ3n) is 2.73. The Hall–Kier alpha value is -2.43. The topological polar surface area (TPSA) is 68.8 Å². The van der Waals surface area contributed by atoms with Gasteiger partial charge in [0, 0.05) is 12.4 Å². The molecule has 1 N–H and O–H groups in total. The lowest BCUT2D eigenvalue weighted by Gasteiger charge is -2.05. The van der Waals surface area contributed by atoms with E-state index in [1.54, 1.807) is 18.2 Å². The zero-order valence-electron chi connectivity index (χ0n) is 9.78. The predicted molar refractivity (Wildman–Crippen MR) is 67.2 cm³/mol. The van der Waals surface area contributed by atoms with E-state index < -0.39 is 7.12 Å². The summed E-state index contributed by atoms with van der Waals surface area (Å²) in [4.78, 5) is 11.1. The smallest absolute Gasteiger partial charge is 0.424 e. The lowest BCUT2D eigenvalue weighted by atomic mass is 9.80. The lowest BCUT2D eigenvalue weighted by molar-refractivity contribution is 0.275. The summed E-state index contributed by atoms with van der Waals surface area (Å²) in [7, 11) is -0.863. The number of hydrogen-bond acceptors (Lipinski definition) is 5. The summed E-state index contributed by atoms with van der Waals surface area (Å²) >= 11 is 0.